The number of aromatic nitrogens is 2. The molecule has 0 aromatic carbocycles. The summed E-state index contributed by atoms with van der Waals surface area (Å²) in [6, 6.07) is 1.92. The van der Waals surface area contributed by atoms with Gasteiger partial charge in [-0.15, -0.1) is 0 Å². The lowest BCUT2D eigenvalue weighted by Crippen LogP contribution is -2.44. The summed E-state index contributed by atoms with van der Waals surface area (Å²) in [4.78, 5) is 8.49. The van der Waals surface area contributed by atoms with Crippen LogP contribution in [0.1, 0.15) is 31.1 Å². The number of nitrogens with one attached hydrogen (secondary N) is 2. The van der Waals surface area contributed by atoms with Gasteiger partial charge in [0.05, 0.1) is 6.54 Å². The second-order valence-electron chi connectivity index (χ2n) is 5.06. The third-order valence-electron chi connectivity index (χ3n) is 3.04. The van der Waals surface area contributed by atoms with Crippen molar-refractivity contribution in [3.05, 3.63) is 34.1 Å². The first-order chi connectivity index (χ1) is 10.5. The first kappa shape index (κ1) is 16.4. The zero-order chi connectivity index (χ0) is 16.0. The SMILES string of the molecule is CCNC(=NCc1noc(C)n1)NCC(C)(O)c1ccsc1. The van der Waals surface area contributed by atoms with Crippen LogP contribution in [0.2, 0.25) is 0 Å². The van der Waals surface area contributed by atoms with Crippen molar-refractivity contribution in [3.63, 3.8) is 0 Å². The highest BCUT2D eigenvalue weighted by Gasteiger charge is 2.23. The van der Waals surface area contributed by atoms with Crippen molar-refractivity contribution >= 4 is 17.3 Å². The fourth-order valence-electron chi connectivity index (χ4n) is 1.83. The van der Waals surface area contributed by atoms with Crippen LogP contribution < -0.4 is 10.6 Å². The minimum atomic E-state index is -0.959. The molecule has 0 aliphatic heterocycles. The van der Waals surface area contributed by atoms with E-state index in [1.807, 2.05) is 23.8 Å². The van der Waals surface area contributed by atoms with E-state index in [2.05, 4.69) is 25.8 Å². The smallest absolute Gasteiger partial charge is 0.223 e. The average Bonchev–Trinajstić information content (AvgIpc) is 3.13. The van der Waals surface area contributed by atoms with E-state index in [4.69, 9.17) is 4.52 Å². The molecule has 2 heterocycles. The topological polar surface area (TPSA) is 95.6 Å². The number of guanidine groups is 1. The van der Waals surface area contributed by atoms with E-state index in [9.17, 15) is 5.11 Å². The lowest BCUT2D eigenvalue weighted by molar-refractivity contribution is 0.0621. The van der Waals surface area contributed by atoms with Crippen LogP contribution >= 0.6 is 11.3 Å². The van der Waals surface area contributed by atoms with Gasteiger partial charge in [-0.1, -0.05) is 5.16 Å². The van der Waals surface area contributed by atoms with Gasteiger partial charge in [0.15, 0.2) is 11.8 Å². The number of rotatable bonds is 6. The van der Waals surface area contributed by atoms with Crippen LogP contribution in [0.25, 0.3) is 0 Å². The quantitative estimate of drug-likeness (QED) is 0.549. The van der Waals surface area contributed by atoms with Crippen LogP contribution in [0.4, 0.5) is 0 Å². The number of aryl methyl sites for hydroxylation is 1. The number of aliphatic hydroxyl groups is 1. The molecule has 0 aliphatic rings. The molecule has 0 saturated heterocycles. The van der Waals surface area contributed by atoms with Crippen LogP contribution in [0.3, 0.4) is 0 Å². The molecule has 0 bridgehead atoms. The number of aliphatic imine (C=N–C) groups is 1. The third-order valence-corrected chi connectivity index (χ3v) is 3.72. The molecule has 0 amide bonds. The van der Waals surface area contributed by atoms with Crippen molar-refractivity contribution in [2.24, 2.45) is 4.99 Å². The maximum Gasteiger partial charge on any atom is 0.223 e. The van der Waals surface area contributed by atoms with Gasteiger partial charge in [0.2, 0.25) is 5.89 Å². The van der Waals surface area contributed by atoms with Crippen LogP contribution in [-0.2, 0) is 12.1 Å². The number of nitrogens with zero attached hydrogens (tertiary/aromatic N) is 3. The summed E-state index contributed by atoms with van der Waals surface area (Å²) in [5.41, 5.74) is -0.0755. The molecule has 0 aliphatic carbocycles. The molecule has 8 heteroatoms. The van der Waals surface area contributed by atoms with Crippen molar-refractivity contribution in [3.8, 4) is 0 Å². The van der Waals surface area contributed by atoms with Gasteiger partial charge < -0.3 is 20.3 Å². The Hall–Kier alpha value is -1.93. The second-order valence-corrected chi connectivity index (χ2v) is 5.84. The average molecular weight is 323 g/mol. The molecular weight excluding hydrogens is 302 g/mol. The van der Waals surface area contributed by atoms with Gasteiger partial charge in [0.25, 0.3) is 0 Å². The molecule has 2 rings (SSSR count). The van der Waals surface area contributed by atoms with Crippen LogP contribution in [0, 0.1) is 6.92 Å². The first-order valence-corrected chi connectivity index (χ1v) is 8.02. The van der Waals surface area contributed by atoms with Gasteiger partial charge in [0, 0.05) is 13.5 Å². The highest BCUT2D eigenvalue weighted by molar-refractivity contribution is 7.08. The zero-order valence-electron chi connectivity index (χ0n) is 13.0. The summed E-state index contributed by atoms with van der Waals surface area (Å²) in [6.45, 7) is 6.87. The Labute approximate surface area is 133 Å². The minimum Gasteiger partial charge on any atom is -0.384 e. The van der Waals surface area contributed by atoms with Crippen molar-refractivity contribution in [2.45, 2.75) is 32.9 Å². The van der Waals surface area contributed by atoms with E-state index >= 15 is 0 Å². The highest BCUT2D eigenvalue weighted by Crippen LogP contribution is 2.21. The Bertz CT molecular complexity index is 607. The fourth-order valence-corrected chi connectivity index (χ4v) is 2.61. The van der Waals surface area contributed by atoms with E-state index in [-0.39, 0.29) is 0 Å². The van der Waals surface area contributed by atoms with Crippen molar-refractivity contribution in [1.29, 1.82) is 0 Å². The Balaban J connectivity index is 1.96. The predicted molar refractivity (Wildman–Crippen MR) is 85.7 cm³/mol. The fraction of sp³-hybridized carbons (Fsp3) is 0.500. The molecule has 2 aromatic rings. The number of thiophene rings is 1. The zero-order valence-corrected chi connectivity index (χ0v) is 13.8. The summed E-state index contributed by atoms with van der Waals surface area (Å²) in [5.74, 6) is 1.64. The maximum absolute atomic E-state index is 10.5. The van der Waals surface area contributed by atoms with E-state index < -0.39 is 5.60 Å². The van der Waals surface area contributed by atoms with E-state index in [1.54, 1.807) is 25.2 Å². The Morgan fingerprint density at radius 3 is 2.91 bits per heavy atom. The second kappa shape index (κ2) is 7.37. The molecule has 7 nitrogen and oxygen atoms in total. The van der Waals surface area contributed by atoms with Gasteiger partial charge in [-0.2, -0.15) is 16.3 Å². The van der Waals surface area contributed by atoms with Crippen LogP contribution in [-0.4, -0.2) is 34.3 Å². The molecule has 0 fully saturated rings. The first-order valence-electron chi connectivity index (χ1n) is 7.07. The van der Waals surface area contributed by atoms with Gasteiger partial charge in [-0.05, 0) is 36.2 Å². The lowest BCUT2D eigenvalue weighted by atomic mass is 9.99. The summed E-state index contributed by atoms with van der Waals surface area (Å²) < 4.78 is 4.91. The standard InChI is InChI=1S/C14H21N5O2S/c1-4-15-13(16-7-12-18-10(2)21-19-12)17-9-14(3,20)11-5-6-22-8-11/h5-6,8,20H,4,7,9H2,1-3H3,(H2,15,16,17). The van der Waals surface area contributed by atoms with Gasteiger partial charge >= 0.3 is 0 Å². The minimum absolute atomic E-state index is 0.313. The highest BCUT2D eigenvalue weighted by atomic mass is 32.1. The van der Waals surface area contributed by atoms with E-state index in [0.717, 1.165) is 12.1 Å². The molecule has 3 N–H and O–H groups in total. The molecule has 0 radical (unpaired) electrons. The van der Waals surface area contributed by atoms with Crippen molar-refractivity contribution in [2.75, 3.05) is 13.1 Å². The summed E-state index contributed by atoms with van der Waals surface area (Å²) in [7, 11) is 0. The summed E-state index contributed by atoms with van der Waals surface area (Å²) in [6.07, 6.45) is 0. The van der Waals surface area contributed by atoms with E-state index in [1.165, 1.54) is 0 Å². The molecule has 0 saturated carbocycles. The summed E-state index contributed by atoms with van der Waals surface area (Å²) >= 11 is 1.56. The van der Waals surface area contributed by atoms with Gasteiger partial charge in [0.1, 0.15) is 12.1 Å². The molecule has 1 unspecified atom stereocenters. The van der Waals surface area contributed by atoms with Gasteiger partial charge in [-0.25, -0.2) is 4.99 Å². The third kappa shape index (κ3) is 4.54. The van der Waals surface area contributed by atoms with Crippen LogP contribution in [0.5, 0.6) is 0 Å². The Kier molecular flexibility index (Phi) is 5.51. The lowest BCUT2D eigenvalue weighted by Gasteiger charge is -2.24. The molecule has 0 spiro atoms. The Morgan fingerprint density at radius 1 is 1.50 bits per heavy atom. The summed E-state index contributed by atoms with van der Waals surface area (Å²) in [5, 5.41) is 24.4. The monoisotopic (exact) mass is 323 g/mol. The number of hydrogen-bond acceptors (Lipinski definition) is 6. The molecule has 2 aromatic heterocycles. The maximum atomic E-state index is 10.5. The van der Waals surface area contributed by atoms with Gasteiger partial charge in [-0.3, -0.25) is 0 Å². The molecular formula is C14H21N5O2S. The van der Waals surface area contributed by atoms with E-state index in [0.29, 0.717) is 30.8 Å². The Morgan fingerprint density at radius 2 is 2.32 bits per heavy atom. The van der Waals surface area contributed by atoms with Crippen molar-refractivity contribution in [1.82, 2.24) is 20.8 Å². The largest absolute Gasteiger partial charge is 0.384 e. The predicted octanol–water partition coefficient (Wildman–Crippen LogP) is 1.40. The molecule has 22 heavy (non-hydrogen) atoms. The van der Waals surface area contributed by atoms with Crippen molar-refractivity contribution < 1.29 is 9.63 Å². The normalized spacial score (nSPS) is 14.6. The molecule has 120 valence electrons. The van der Waals surface area contributed by atoms with Crippen LogP contribution in [0.15, 0.2) is 26.3 Å². The molecule has 1 atom stereocenters. The number of hydrogen-bond donors (Lipinski definition) is 3.